The first-order chi connectivity index (χ1) is 19.8. The molecule has 0 fully saturated rings. The van der Waals surface area contributed by atoms with Crippen molar-refractivity contribution < 1.29 is 19.8 Å². The molecule has 7 nitrogen and oxygen atoms in total. The first-order valence-corrected chi connectivity index (χ1v) is 14.5. The lowest BCUT2D eigenvalue weighted by molar-refractivity contribution is -0.130. The minimum atomic E-state index is -0.0949. The van der Waals surface area contributed by atoms with Gasteiger partial charge in [0.25, 0.3) is 0 Å². The van der Waals surface area contributed by atoms with Crippen LogP contribution >= 0.6 is 0 Å². The van der Waals surface area contributed by atoms with Crippen LogP contribution in [0.15, 0.2) is 72.8 Å². The third-order valence-corrected chi connectivity index (χ3v) is 7.54. The highest BCUT2D eigenvalue weighted by molar-refractivity contribution is 6.09. The lowest BCUT2D eigenvalue weighted by Crippen LogP contribution is -2.30. The van der Waals surface area contributed by atoms with Gasteiger partial charge < -0.3 is 24.6 Å². The van der Waals surface area contributed by atoms with Gasteiger partial charge in [0.05, 0.1) is 16.9 Å². The number of carbonyl (C=O) groups is 2. The summed E-state index contributed by atoms with van der Waals surface area (Å²) < 4.78 is 2.17. The van der Waals surface area contributed by atoms with Crippen molar-refractivity contribution in [1.82, 2.24) is 9.47 Å². The van der Waals surface area contributed by atoms with Crippen molar-refractivity contribution in [1.29, 1.82) is 0 Å². The van der Waals surface area contributed by atoms with Gasteiger partial charge in [-0.1, -0.05) is 50.1 Å². The van der Waals surface area contributed by atoms with Crippen molar-refractivity contribution in [3.05, 3.63) is 78.4 Å². The molecule has 1 heterocycles. The van der Waals surface area contributed by atoms with Gasteiger partial charge in [-0.25, -0.2) is 0 Å². The van der Waals surface area contributed by atoms with Crippen LogP contribution in [0.1, 0.15) is 57.9 Å². The Hall–Kier alpha value is -4.26. The lowest BCUT2D eigenvalue weighted by atomic mass is 10.1. The molecular weight excluding hydrogens is 514 g/mol. The number of fused-ring (bicyclic) bond motifs is 1. The van der Waals surface area contributed by atoms with E-state index in [1.165, 1.54) is 0 Å². The van der Waals surface area contributed by atoms with Crippen LogP contribution in [0, 0.1) is 0 Å². The van der Waals surface area contributed by atoms with E-state index in [2.05, 4.69) is 23.6 Å². The zero-order valence-electron chi connectivity index (χ0n) is 24.3. The second-order valence-electron chi connectivity index (χ2n) is 10.7. The molecule has 0 radical (unpaired) electrons. The second kappa shape index (κ2) is 13.9. The van der Waals surface area contributed by atoms with E-state index in [-0.39, 0.29) is 23.3 Å². The molecule has 0 saturated heterocycles. The first kappa shape index (κ1) is 29.7. The van der Waals surface area contributed by atoms with Crippen LogP contribution < -0.4 is 4.90 Å². The van der Waals surface area contributed by atoms with Gasteiger partial charge in [-0.15, -0.1) is 0 Å². The molecule has 0 unspecified atom stereocenters. The Morgan fingerprint density at radius 1 is 0.829 bits per heavy atom. The van der Waals surface area contributed by atoms with E-state index in [1.54, 1.807) is 36.1 Å². The quantitative estimate of drug-likeness (QED) is 0.175. The Labute approximate surface area is 242 Å². The predicted octanol–water partition coefficient (Wildman–Crippen LogP) is 6.94. The third kappa shape index (κ3) is 7.28. The third-order valence-electron chi connectivity index (χ3n) is 7.54. The fourth-order valence-electron chi connectivity index (χ4n) is 5.30. The smallest absolute Gasteiger partial charge is 0.223 e. The predicted molar refractivity (Wildman–Crippen MR) is 165 cm³/mol. The van der Waals surface area contributed by atoms with Gasteiger partial charge in [0, 0.05) is 51.0 Å². The molecule has 216 valence electrons. The van der Waals surface area contributed by atoms with Crippen molar-refractivity contribution in [2.45, 2.75) is 58.9 Å². The number of unbranched alkanes of at least 4 members (excludes halogenated alkanes) is 3. The van der Waals surface area contributed by atoms with Gasteiger partial charge in [0.1, 0.15) is 11.5 Å². The van der Waals surface area contributed by atoms with Crippen LogP contribution in [0.4, 0.5) is 5.69 Å². The largest absolute Gasteiger partial charge is 0.508 e. The summed E-state index contributed by atoms with van der Waals surface area (Å²) in [4.78, 5) is 29.2. The van der Waals surface area contributed by atoms with Gasteiger partial charge in [0.2, 0.25) is 11.8 Å². The molecule has 4 rings (SSSR count). The number of benzene rings is 3. The number of phenols is 2. The molecular formula is C34H41N3O4. The van der Waals surface area contributed by atoms with E-state index in [0.29, 0.717) is 19.5 Å². The summed E-state index contributed by atoms with van der Waals surface area (Å²) in [5.74, 6) is 0.359. The number of aromatic hydroxyl groups is 2. The number of aromatic nitrogens is 1. The normalized spacial score (nSPS) is 11.1. The van der Waals surface area contributed by atoms with Gasteiger partial charge in [-0.2, -0.15) is 0 Å². The van der Waals surface area contributed by atoms with E-state index in [9.17, 15) is 19.8 Å². The van der Waals surface area contributed by atoms with E-state index in [0.717, 1.165) is 72.1 Å². The van der Waals surface area contributed by atoms with Gasteiger partial charge in [-0.05, 0) is 67.3 Å². The van der Waals surface area contributed by atoms with E-state index < -0.39 is 0 Å². The number of rotatable bonds is 13. The SMILES string of the molecule is CCCCN(C)C(=O)CCCCCN(C(C)=O)c1c(-c2ccc(O)cc2)n(Cc2ccccc2)c2ccc(O)cc12. The summed E-state index contributed by atoms with van der Waals surface area (Å²) in [5, 5.41) is 21.3. The maximum absolute atomic E-state index is 13.2. The first-order valence-electron chi connectivity index (χ1n) is 14.5. The van der Waals surface area contributed by atoms with Crippen LogP contribution in [0.5, 0.6) is 11.5 Å². The van der Waals surface area contributed by atoms with Crippen molar-refractivity contribution >= 4 is 28.4 Å². The minimum absolute atomic E-state index is 0.0949. The highest BCUT2D eigenvalue weighted by atomic mass is 16.3. The fraction of sp³-hybridized carbons (Fsp3) is 0.353. The minimum Gasteiger partial charge on any atom is -0.508 e. The van der Waals surface area contributed by atoms with Crippen LogP contribution in [0.2, 0.25) is 0 Å². The second-order valence-corrected chi connectivity index (χ2v) is 10.7. The molecule has 2 N–H and O–H groups in total. The zero-order chi connectivity index (χ0) is 29.4. The molecule has 0 saturated carbocycles. The Morgan fingerprint density at radius 2 is 1.54 bits per heavy atom. The summed E-state index contributed by atoms with van der Waals surface area (Å²) in [6.07, 6.45) is 4.90. The number of hydrogen-bond donors (Lipinski definition) is 2. The molecule has 0 atom stereocenters. The van der Waals surface area contributed by atoms with Gasteiger partial charge >= 0.3 is 0 Å². The number of anilines is 1. The molecule has 0 aliphatic carbocycles. The average molecular weight is 556 g/mol. The standard InChI is InChI=1S/C34H41N3O4/c1-4-5-21-35(3)32(41)14-10-7-11-22-36(25(2)38)34-30-23-29(40)19-20-31(30)37(24-26-12-8-6-9-13-26)33(34)27-15-17-28(39)18-16-27/h6,8-9,12-13,15-20,23,39-40H,4-5,7,10-11,14,21-22,24H2,1-3H3. The molecule has 0 aliphatic heterocycles. The van der Waals surface area contributed by atoms with E-state index in [4.69, 9.17) is 0 Å². The number of nitrogens with zero attached hydrogens (tertiary/aromatic N) is 3. The number of hydrogen-bond acceptors (Lipinski definition) is 4. The van der Waals surface area contributed by atoms with Crippen molar-refractivity contribution in [2.24, 2.45) is 0 Å². The summed E-state index contributed by atoms with van der Waals surface area (Å²) >= 11 is 0. The van der Waals surface area contributed by atoms with Crippen molar-refractivity contribution in [3.63, 3.8) is 0 Å². The maximum Gasteiger partial charge on any atom is 0.223 e. The van der Waals surface area contributed by atoms with E-state index in [1.807, 2.05) is 48.3 Å². The Morgan fingerprint density at radius 3 is 2.22 bits per heavy atom. The highest BCUT2D eigenvalue weighted by Gasteiger charge is 2.26. The average Bonchev–Trinajstić information content (AvgIpc) is 3.26. The number of carbonyl (C=O) groups excluding carboxylic acids is 2. The highest BCUT2D eigenvalue weighted by Crippen LogP contribution is 2.43. The maximum atomic E-state index is 13.2. The van der Waals surface area contributed by atoms with Crippen LogP contribution in [-0.2, 0) is 16.1 Å². The Bertz CT molecular complexity index is 1460. The van der Waals surface area contributed by atoms with Crippen LogP contribution in [-0.4, -0.2) is 51.6 Å². The molecule has 41 heavy (non-hydrogen) atoms. The molecule has 0 bridgehead atoms. The molecule has 2 amide bonds. The molecule has 7 heteroatoms. The number of phenolic OH excluding ortho intramolecular Hbond substituents is 2. The summed E-state index contributed by atoms with van der Waals surface area (Å²) in [5.41, 5.74) is 4.44. The summed E-state index contributed by atoms with van der Waals surface area (Å²) in [6.45, 7) is 5.52. The number of amides is 2. The monoisotopic (exact) mass is 555 g/mol. The van der Waals surface area contributed by atoms with E-state index >= 15 is 0 Å². The molecule has 4 aromatic rings. The molecule has 0 aliphatic rings. The van der Waals surface area contributed by atoms with Gasteiger partial charge in [-0.3, -0.25) is 9.59 Å². The fourth-order valence-corrected chi connectivity index (χ4v) is 5.30. The lowest BCUT2D eigenvalue weighted by Gasteiger charge is -2.24. The molecule has 1 aromatic heterocycles. The van der Waals surface area contributed by atoms with Crippen molar-refractivity contribution in [2.75, 3.05) is 25.0 Å². The van der Waals surface area contributed by atoms with Gasteiger partial charge in [0.15, 0.2) is 0 Å². The topological polar surface area (TPSA) is 86.0 Å². The molecule has 0 spiro atoms. The molecule has 3 aromatic carbocycles. The Kier molecular flexibility index (Phi) is 10.1. The van der Waals surface area contributed by atoms with Crippen molar-refractivity contribution in [3.8, 4) is 22.8 Å². The summed E-state index contributed by atoms with van der Waals surface area (Å²) in [7, 11) is 1.86. The Balaban J connectivity index is 1.68. The van der Waals surface area contributed by atoms with Crippen LogP contribution in [0.25, 0.3) is 22.2 Å². The summed E-state index contributed by atoms with van der Waals surface area (Å²) in [6, 6.07) is 22.4. The van der Waals surface area contributed by atoms with Crippen LogP contribution in [0.3, 0.4) is 0 Å². The zero-order valence-corrected chi connectivity index (χ0v) is 24.3.